The lowest BCUT2D eigenvalue weighted by Gasteiger charge is -2.15. The largest absolute Gasteiger partial charge is 0.415 e. The fraction of sp³-hybridized carbons (Fsp3) is 0.286. The number of amides is 1. The average Bonchev–Trinajstić information content (AvgIpc) is 2.93. The first-order valence-corrected chi connectivity index (χ1v) is 6.15. The molecule has 0 bridgehead atoms. The van der Waals surface area contributed by atoms with Crippen LogP contribution in [0.5, 0.6) is 5.75 Å². The number of likely N-dealkylation sites (tertiary alicyclic amines) is 1. The Balaban J connectivity index is 1.88. The standard InChI is InChI=1S/C14H14N2O2/c17-14(16-9-3-4-10-16)18-13-7-8-15-12-6-2-1-5-11(12)13/h1-2,5-8H,3-4,9-10H2. The second-order valence-electron chi connectivity index (χ2n) is 4.39. The minimum atomic E-state index is -0.260. The van der Waals surface area contributed by atoms with E-state index in [4.69, 9.17) is 4.74 Å². The lowest BCUT2D eigenvalue weighted by molar-refractivity contribution is 0.163. The number of hydrogen-bond donors (Lipinski definition) is 0. The molecule has 0 radical (unpaired) electrons. The average molecular weight is 242 g/mol. The molecule has 1 aliphatic rings. The van der Waals surface area contributed by atoms with Gasteiger partial charge in [-0.1, -0.05) is 12.1 Å². The number of fused-ring (bicyclic) bond motifs is 1. The van der Waals surface area contributed by atoms with E-state index >= 15 is 0 Å². The fourth-order valence-corrected chi connectivity index (χ4v) is 2.22. The summed E-state index contributed by atoms with van der Waals surface area (Å²) in [6.07, 6.45) is 3.52. The number of pyridine rings is 1. The molecule has 2 aromatic rings. The van der Waals surface area contributed by atoms with Gasteiger partial charge in [0.25, 0.3) is 0 Å². The molecule has 1 amide bonds. The van der Waals surface area contributed by atoms with E-state index in [2.05, 4.69) is 4.98 Å². The maximum Gasteiger partial charge on any atom is 0.415 e. The van der Waals surface area contributed by atoms with Crippen molar-refractivity contribution in [2.45, 2.75) is 12.8 Å². The van der Waals surface area contributed by atoms with Crippen LogP contribution in [0, 0.1) is 0 Å². The molecule has 1 aromatic carbocycles. The number of carbonyl (C=O) groups excluding carboxylic acids is 1. The maximum atomic E-state index is 11.9. The molecule has 0 saturated carbocycles. The molecule has 92 valence electrons. The Labute approximate surface area is 105 Å². The number of aromatic nitrogens is 1. The number of carbonyl (C=O) groups is 1. The first-order valence-electron chi connectivity index (χ1n) is 6.15. The third-order valence-electron chi connectivity index (χ3n) is 3.17. The zero-order valence-corrected chi connectivity index (χ0v) is 10.0. The van der Waals surface area contributed by atoms with Crippen molar-refractivity contribution in [3.8, 4) is 5.75 Å². The quantitative estimate of drug-likeness (QED) is 0.772. The Morgan fingerprint density at radius 2 is 1.94 bits per heavy atom. The SMILES string of the molecule is O=C(Oc1ccnc2ccccc12)N1CCCC1. The Kier molecular flexibility index (Phi) is 2.84. The number of rotatable bonds is 1. The molecule has 1 fully saturated rings. The Morgan fingerprint density at radius 3 is 2.78 bits per heavy atom. The van der Waals surface area contributed by atoms with Gasteiger partial charge in [-0.2, -0.15) is 0 Å². The Hall–Kier alpha value is -2.10. The van der Waals surface area contributed by atoms with Gasteiger partial charge in [-0.25, -0.2) is 4.79 Å². The Bertz CT molecular complexity index is 572. The van der Waals surface area contributed by atoms with Crippen molar-refractivity contribution in [2.24, 2.45) is 0 Å². The summed E-state index contributed by atoms with van der Waals surface area (Å²) in [4.78, 5) is 17.9. The minimum Gasteiger partial charge on any atom is -0.409 e. The smallest absolute Gasteiger partial charge is 0.409 e. The topological polar surface area (TPSA) is 42.4 Å². The van der Waals surface area contributed by atoms with Crippen LogP contribution in [0.25, 0.3) is 10.9 Å². The maximum absolute atomic E-state index is 11.9. The van der Waals surface area contributed by atoms with E-state index in [0.29, 0.717) is 5.75 Å². The molecule has 18 heavy (non-hydrogen) atoms. The summed E-state index contributed by atoms with van der Waals surface area (Å²) in [5.41, 5.74) is 0.837. The first-order chi connectivity index (χ1) is 8.84. The van der Waals surface area contributed by atoms with Gasteiger partial charge in [-0.15, -0.1) is 0 Å². The molecule has 1 aromatic heterocycles. The molecule has 1 saturated heterocycles. The third kappa shape index (κ3) is 2.01. The summed E-state index contributed by atoms with van der Waals surface area (Å²) in [6.45, 7) is 1.59. The van der Waals surface area contributed by atoms with Crippen LogP contribution in [-0.4, -0.2) is 29.1 Å². The summed E-state index contributed by atoms with van der Waals surface area (Å²) >= 11 is 0. The highest BCUT2D eigenvalue weighted by atomic mass is 16.6. The van der Waals surface area contributed by atoms with Crippen molar-refractivity contribution < 1.29 is 9.53 Å². The predicted octanol–water partition coefficient (Wildman–Crippen LogP) is 2.83. The van der Waals surface area contributed by atoms with Crippen LogP contribution in [0.15, 0.2) is 36.5 Å². The third-order valence-corrected chi connectivity index (χ3v) is 3.17. The van der Waals surface area contributed by atoms with Crippen LogP contribution in [0.3, 0.4) is 0 Å². The molecule has 2 heterocycles. The molecule has 1 aliphatic heterocycles. The van der Waals surface area contributed by atoms with E-state index < -0.39 is 0 Å². The normalized spacial score (nSPS) is 15.0. The predicted molar refractivity (Wildman–Crippen MR) is 68.6 cm³/mol. The summed E-state index contributed by atoms with van der Waals surface area (Å²) in [5, 5.41) is 0.868. The van der Waals surface area contributed by atoms with Gasteiger partial charge in [0.05, 0.1) is 5.52 Å². The molecule has 4 nitrogen and oxygen atoms in total. The first kappa shape index (κ1) is 11.0. The van der Waals surface area contributed by atoms with Crippen LogP contribution >= 0.6 is 0 Å². The van der Waals surface area contributed by atoms with E-state index in [0.717, 1.165) is 36.8 Å². The lowest BCUT2D eigenvalue weighted by atomic mass is 10.2. The second kappa shape index (κ2) is 4.64. The molecule has 3 rings (SSSR count). The van der Waals surface area contributed by atoms with Gasteiger partial charge >= 0.3 is 6.09 Å². The number of hydrogen-bond acceptors (Lipinski definition) is 3. The molecule has 0 N–H and O–H groups in total. The number of para-hydroxylation sites is 1. The van der Waals surface area contributed by atoms with Gasteiger partial charge in [0.15, 0.2) is 0 Å². The highest BCUT2D eigenvalue weighted by Crippen LogP contribution is 2.24. The molecule has 0 spiro atoms. The van der Waals surface area contributed by atoms with Crippen molar-refractivity contribution in [1.82, 2.24) is 9.88 Å². The van der Waals surface area contributed by atoms with Crippen molar-refractivity contribution in [3.05, 3.63) is 36.5 Å². The second-order valence-corrected chi connectivity index (χ2v) is 4.39. The monoisotopic (exact) mass is 242 g/mol. The molecule has 4 heteroatoms. The summed E-state index contributed by atoms with van der Waals surface area (Å²) in [7, 11) is 0. The molecule has 0 aliphatic carbocycles. The molecule has 0 unspecified atom stereocenters. The van der Waals surface area contributed by atoms with Crippen molar-refractivity contribution in [1.29, 1.82) is 0 Å². The van der Waals surface area contributed by atoms with Crippen LogP contribution < -0.4 is 4.74 Å². The van der Waals surface area contributed by atoms with Crippen LogP contribution in [0.2, 0.25) is 0 Å². The summed E-state index contributed by atoms with van der Waals surface area (Å²) < 4.78 is 5.46. The highest BCUT2D eigenvalue weighted by molar-refractivity contribution is 5.87. The van der Waals surface area contributed by atoms with Crippen molar-refractivity contribution in [3.63, 3.8) is 0 Å². The number of ether oxygens (including phenoxy) is 1. The summed E-state index contributed by atoms with van der Waals surface area (Å²) in [5.74, 6) is 0.581. The van der Waals surface area contributed by atoms with Gasteiger partial charge in [0, 0.05) is 24.7 Å². The molecular formula is C14H14N2O2. The lowest BCUT2D eigenvalue weighted by Crippen LogP contribution is -2.30. The number of benzene rings is 1. The van der Waals surface area contributed by atoms with Crippen LogP contribution in [-0.2, 0) is 0 Å². The van der Waals surface area contributed by atoms with E-state index in [9.17, 15) is 4.79 Å². The van der Waals surface area contributed by atoms with E-state index in [1.54, 1.807) is 17.2 Å². The zero-order valence-electron chi connectivity index (χ0n) is 10.0. The van der Waals surface area contributed by atoms with Gasteiger partial charge in [-0.05, 0) is 31.0 Å². The van der Waals surface area contributed by atoms with Gasteiger partial charge in [0.2, 0.25) is 0 Å². The van der Waals surface area contributed by atoms with Gasteiger partial charge in [0.1, 0.15) is 5.75 Å². The van der Waals surface area contributed by atoms with Crippen LogP contribution in [0.4, 0.5) is 4.79 Å². The van der Waals surface area contributed by atoms with E-state index in [-0.39, 0.29) is 6.09 Å². The number of nitrogens with zero attached hydrogens (tertiary/aromatic N) is 2. The highest BCUT2D eigenvalue weighted by Gasteiger charge is 2.20. The Morgan fingerprint density at radius 1 is 1.17 bits per heavy atom. The zero-order chi connectivity index (χ0) is 12.4. The van der Waals surface area contributed by atoms with Crippen molar-refractivity contribution >= 4 is 17.0 Å². The van der Waals surface area contributed by atoms with Crippen LogP contribution in [0.1, 0.15) is 12.8 Å². The van der Waals surface area contributed by atoms with E-state index in [1.807, 2.05) is 24.3 Å². The summed E-state index contributed by atoms with van der Waals surface area (Å²) in [6, 6.07) is 9.38. The molecule has 0 atom stereocenters. The van der Waals surface area contributed by atoms with E-state index in [1.165, 1.54) is 0 Å². The van der Waals surface area contributed by atoms with Gasteiger partial charge in [-0.3, -0.25) is 4.98 Å². The molecular weight excluding hydrogens is 228 g/mol. The van der Waals surface area contributed by atoms with Gasteiger partial charge < -0.3 is 9.64 Å². The minimum absolute atomic E-state index is 0.260. The fourth-order valence-electron chi connectivity index (χ4n) is 2.22. The van der Waals surface area contributed by atoms with Crippen molar-refractivity contribution in [2.75, 3.05) is 13.1 Å².